The van der Waals surface area contributed by atoms with Crippen LogP contribution in [-0.4, -0.2) is 32.2 Å². The van der Waals surface area contributed by atoms with Gasteiger partial charge in [0, 0.05) is 25.4 Å². The summed E-state index contributed by atoms with van der Waals surface area (Å²) in [6, 6.07) is 8.03. The third kappa shape index (κ3) is 3.97. The summed E-state index contributed by atoms with van der Waals surface area (Å²) in [6.07, 6.45) is 0.843. The highest BCUT2D eigenvalue weighted by Gasteiger charge is 2.25. The van der Waals surface area contributed by atoms with Crippen LogP contribution < -0.4 is 10.6 Å². The van der Waals surface area contributed by atoms with Crippen molar-refractivity contribution < 1.29 is 9.53 Å². The van der Waals surface area contributed by atoms with Gasteiger partial charge in [0.05, 0.1) is 12.5 Å². The van der Waals surface area contributed by atoms with Gasteiger partial charge in [-0.2, -0.15) is 0 Å². The minimum absolute atomic E-state index is 0.0439. The third-order valence-corrected chi connectivity index (χ3v) is 3.40. The Morgan fingerprint density at radius 1 is 1.45 bits per heavy atom. The molecule has 0 spiro atoms. The number of hydrogen-bond donors (Lipinski definition) is 2. The molecule has 1 aromatic carbocycles. The van der Waals surface area contributed by atoms with Crippen LogP contribution in [0.4, 0.5) is 5.69 Å². The van der Waals surface area contributed by atoms with Crippen LogP contribution in [0.5, 0.6) is 0 Å². The van der Waals surface area contributed by atoms with E-state index >= 15 is 0 Å². The molecule has 0 aromatic heterocycles. The first-order valence-electron chi connectivity index (χ1n) is 7.36. The molecule has 0 fully saturated rings. The smallest absolute Gasteiger partial charge is 0.227 e. The van der Waals surface area contributed by atoms with Gasteiger partial charge in [0.15, 0.2) is 0 Å². The van der Waals surface area contributed by atoms with Gasteiger partial charge in [-0.15, -0.1) is 0 Å². The van der Waals surface area contributed by atoms with Crippen molar-refractivity contribution >= 4 is 11.6 Å². The van der Waals surface area contributed by atoms with Gasteiger partial charge in [-0.05, 0) is 24.0 Å². The second kappa shape index (κ2) is 7.29. The fraction of sp³-hybridized carbons (Fsp3) is 0.562. The van der Waals surface area contributed by atoms with Crippen molar-refractivity contribution in [3.63, 3.8) is 0 Å². The molecule has 1 aromatic rings. The van der Waals surface area contributed by atoms with Crippen LogP contribution in [0.1, 0.15) is 31.7 Å². The third-order valence-electron chi connectivity index (χ3n) is 3.40. The van der Waals surface area contributed by atoms with Crippen LogP contribution in [0.15, 0.2) is 24.3 Å². The molecule has 2 N–H and O–H groups in total. The molecule has 0 radical (unpaired) electrons. The van der Waals surface area contributed by atoms with Gasteiger partial charge in [0.1, 0.15) is 0 Å². The second-order valence-corrected chi connectivity index (χ2v) is 5.62. The highest BCUT2D eigenvalue weighted by molar-refractivity contribution is 5.86. The van der Waals surface area contributed by atoms with Crippen LogP contribution in [-0.2, 0) is 9.53 Å². The predicted octanol–water partition coefficient (Wildman–Crippen LogP) is 2.37. The van der Waals surface area contributed by atoms with Crippen molar-refractivity contribution in [1.82, 2.24) is 5.32 Å². The molecule has 1 atom stereocenters. The Hall–Kier alpha value is -1.55. The van der Waals surface area contributed by atoms with Gasteiger partial charge >= 0.3 is 0 Å². The van der Waals surface area contributed by atoms with E-state index in [0.717, 1.165) is 30.8 Å². The van der Waals surface area contributed by atoms with Crippen molar-refractivity contribution in [3.05, 3.63) is 29.8 Å². The lowest BCUT2D eigenvalue weighted by Crippen LogP contribution is -2.35. The molecule has 4 nitrogen and oxygen atoms in total. The molecule has 2 rings (SSSR count). The highest BCUT2D eigenvalue weighted by atomic mass is 16.5. The summed E-state index contributed by atoms with van der Waals surface area (Å²) in [5.74, 6) is 0.589. The Morgan fingerprint density at radius 2 is 2.25 bits per heavy atom. The van der Waals surface area contributed by atoms with Gasteiger partial charge in [0.2, 0.25) is 5.91 Å². The molecule has 20 heavy (non-hydrogen) atoms. The van der Waals surface area contributed by atoms with E-state index in [2.05, 4.69) is 24.5 Å². The summed E-state index contributed by atoms with van der Waals surface area (Å²) in [5, 5.41) is 6.31. The van der Waals surface area contributed by atoms with Gasteiger partial charge < -0.3 is 15.4 Å². The Bertz CT molecular complexity index is 446. The number of benzene rings is 1. The summed E-state index contributed by atoms with van der Waals surface area (Å²) in [5.41, 5.74) is 2.18. The molecule has 1 unspecified atom stereocenters. The van der Waals surface area contributed by atoms with Crippen LogP contribution in [0.25, 0.3) is 0 Å². The number of amides is 1. The summed E-state index contributed by atoms with van der Waals surface area (Å²) >= 11 is 0. The van der Waals surface area contributed by atoms with Crippen molar-refractivity contribution in [3.8, 4) is 0 Å². The Balaban J connectivity index is 1.82. The summed E-state index contributed by atoms with van der Waals surface area (Å²) in [6.45, 7) is 6.98. The molecule has 1 aliphatic heterocycles. The minimum atomic E-state index is -0.0439. The van der Waals surface area contributed by atoms with Crippen molar-refractivity contribution in [2.24, 2.45) is 5.92 Å². The first-order chi connectivity index (χ1) is 9.68. The second-order valence-electron chi connectivity index (χ2n) is 5.62. The molecule has 0 saturated carbocycles. The number of hydrogen-bond acceptors (Lipinski definition) is 3. The van der Waals surface area contributed by atoms with E-state index in [0.29, 0.717) is 19.1 Å². The zero-order chi connectivity index (χ0) is 14.4. The largest absolute Gasteiger partial charge is 0.385 e. The average molecular weight is 276 g/mol. The first kappa shape index (κ1) is 14.9. The van der Waals surface area contributed by atoms with E-state index in [-0.39, 0.29) is 11.8 Å². The molecular formula is C16H24N2O2. The standard InChI is InChI=1S/C16H24N2O2/c1-12(2)11-20-10-9-18-16(19)14-7-8-17-15-6-4-3-5-13(14)15/h3-6,12,14,17H,7-11H2,1-2H3,(H,18,19). The number of carbonyl (C=O) groups is 1. The van der Waals surface area contributed by atoms with E-state index < -0.39 is 0 Å². The summed E-state index contributed by atoms with van der Waals surface area (Å²) < 4.78 is 5.48. The Kier molecular flexibility index (Phi) is 5.41. The van der Waals surface area contributed by atoms with Gasteiger partial charge in [-0.25, -0.2) is 0 Å². The van der Waals surface area contributed by atoms with Crippen molar-refractivity contribution in [2.75, 3.05) is 31.6 Å². The van der Waals surface area contributed by atoms with E-state index in [1.165, 1.54) is 0 Å². The monoisotopic (exact) mass is 276 g/mol. The average Bonchev–Trinajstić information content (AvgIpc) is 2.45. The van der Waals surface area contributed by atoms with Crippen LogP contribution >= 0.6 is 0 Å². The molecule has 1 heterocycles. The first-order valence-corrected chi connectivity index (χ1v) is 7.36. The van der Waals surface area contributed by atoms with Crippen molar-refractivity contribution in [2.45, 2.75) is 26.2 Å². The SMILES string of the molecule is CC(C)COCCNC(=O)C1CCNc2ccccc21. The minimum Gasteiger partial charge on any atom is -0.385 e. The molecule has 110 valence electrons. The molecule has 1 aliphatic rings. The maximum absolute atomic E-state index is 12.3. The zero-order valence-electron chi connectivity index (χ0n) is 12.3. The summed E-state index contributed by atoms with van der Waals surface area (Å²) in [4.78, 5) is 12.3. The van der Waals surface area contributed by atoms with Crippen molar-refractivity contribution in [1.29, 1.82) is 0 Å². The van der Waals surface area contributed by atoms with E-state index in [1.54, 1.807) is 0 Å². The van der Waals surface area contributed by atoms with Crippen LogP contribution in [0, 0.1) is 5.92 Å². The van der Waals surface area contributed by atoms with E-state index in [4.69, 9.17) is 4.74 Å². The zero-order valence-corrected chi connectivity index (χ0v) is 12.3. The number of rotatable bonds is 6. The molecule has 4 heteroatoms. The molecular weight excluding hydrogens is 252 g/mol. The highest BCUT2D eigenvalue weighted by Crippen LogP contribution is 2.31. The number of para-hydroxylation sites is 1. The number of nitrogens with one attached hydrogen (secondary N) is 2. The van der Waals surface area contributed by atoms with Crippen LogP contribution in [0.3, 0.4) is 0 Å². The maximum Gasteiger partial charge on any atom is 0.227 e. The Labute approximate surface area is 120 Å². The lowest BCUT2D eigenvalue weighted by molar-refractivity contribution is -0.123. The number of anilines is 1. The molecule has 0 saturated heterocycles. The van der Waals surface area contributed by atoms with Crippen LogP contribution in [0.2, 0.25) is 0 Å². The summed E-state index contributed by atoms with van der Waals surface area (Å²) in [7, 11) is 0. The topological polar surface area (TPSA) is 50.4 Å². The van der Waals surface area contributed by atoms with Gasteiger partial charge in [-0.1, -0.05) is 32.0 Å². The van der Waals surface area contributed by atoms with Gasteiger partial charge in [0.25, 0.3) is 0 Å². The quantitative estimate of drug-likeness (QED) is 0.784. The van der Waals surface area contributed by atoms with E-state index in [1.807, 2.05) is 24.3 Å². The van der Waals surface area contributed by atoms with Gasteiger partial charge in [-0.3, -0.25) is 4.79 Å². The molecule has 0 aliphatic carbocycles. The number of fused-ring (bicyclic) bond motifs is 1. The Morgan fingerprint density at radius 3 is 3.05 bits per heavy atom. The normalized spacial score (nSPS) is 17.4. The molecule has 0 bridgehead atoms. The lowest BCUT2D eigenvalue weighted by Gasteiger charge is -2.25. The fourth-order valence-electron chi connectivity index (χ4n) is 2.43. The number of ether oxygens (including phenoxy) is 1. The number of carbonyl (C=O) groups excluding carboxylic acids is 1. The maximum atomic E-state index is 12.3. The predicted molar refractivity (Wildman–Crippen MR) is 81.0 cm³/mol. The lowest BCUT2D eigenvalue weighted by atomic mass is 9.90. The van der Waals surface area contributed by atoms with E-state index in [9.17, 15) is 4.79 Å². The molecule has 1 amide bonds. The fourth-order valence-corrected chi connectivity index (χ4v) is 2.43.